The summed E-state index contributed by atoms with van der Waals surface area (Å²) in [7, 11) is -12.1. The van der Waals surface area contributed by atoms with Gasteiger partial charge in [-0.25, -0.2) is 26.2 Å². The van der Waals surface area contributed by atoms with Crippen LogP contribution in [0.25, 0.3) is 0 Å². The maximum absolute atomic E-state index is 13.8. The third kappa shape index (κ3) is 8.61. The fraction of sp³-hybridized carbons (Fsp3) is 0.435. The summed E-state index contributed by atoms with van der Waals surface area (Å²) in [5.41, 5.74) is -1.51. The van der Waals surface area contributed by atoms with Crippen molar-refractivity contribution in [2.45, 2.75) is 36.3 Å². The number of amides is 1. The van der Waals surface area contributed by atoms with Gasteiger partial charge in [-0.1, -0.05) is 29.8 Å². The molecule has 2 unspecified atom stereocenters. The molecule has 1 amide bonds. The van der Waals surface area contributed by atoms with Crippen molar-refractivity contribution in [3.05, 3.63) is 58.6 Å². The molecule has 0 aliphatic carbocycles. The number of nitrogens with zero attached hydrogens (tertiary/aromatic N) is 1. The van der Waals surface area contributed by atoms with Gasteiger partial charge in [0, 0.05) is 12.2 Å². The van der Waals surface area contributed by atoms with E-state index in [4.69, 9.17) is 20.9 Å². The molecule has 3 rings (SSSR count). The van der Waals surface area contributed by atoms with Crippen LogP contribution in [-0.2, 0) is 44.7 Å². The molecule has 1 aliphatic rings. The largest absolute Gasteiger partial charge is 0.345 e. The minimum absolute atomic E-state index is 0.119. The van der Waals surface area contributed by atoms with E-state index in [0.29, 0.717) is 12.1 Å². The summed E-state index contributed by atoms with van der Waals surface area (Å²) in [6.07, 6.45) is 3.70. The number of primary sulfonamides is 1. The smallest absolute Gasteiger partial charge is 0.265 e. The Hall–Kier alpha value is -2.27. The summed E-state index contributed by atoms with van der Waals surface area (Å²) in [5, 5.41) is 7.86. The molecule has 0 aromatic heterocycles. The summed E-state index contributed by atoms with van der Waals surface area (Å²) in [6, 6.07) is 9.17. The van der Waals surface area contributed by atoms with Gasteiger partial charge >= 0.3 is 0 Å². The molecular weight excluding hydrogens is 592 g/mol. The summed E-state index contributed by atoms with van der Waals surface area (Å²) in [5.74, 6) is -0.888. The van der Waals surface area contributed by atoms with Gasteiger partial charge in [-0.2, -0.15) is 8.42 Å². The van der Waals surface area contributed by atoms with E-state index in [1.165, 1.54) is 19.1 Å². The van der Waals surface area contributed by atoms with Crippen molar-refractivity contribution < 1.29 is 34.2 Å². The fourth-order valence-corrected chi connectivity index (χ4v) is 6.73. The van der Waals surface area contributed by atoms with E-state index >= 15 is 0 Å². The zero-order chi connectivity index (χ0) is 29.2. The lowest BCUT2D eigenvalue weighted by Gasteiger charge is -2.32. The SMILES string of the molecule is CC(OS(C)(=O)=O)(C(=O)NC(CN1CCCC1)c1cccc(NS(C)(=O)=O)c1)c1ccc(Cl)c(S(N)(=O)=O)c1. The second-order valence-electron chi connectivity index (χ2n) is 9.54. The molecule has 2 atom stereocenters. The van der Waals surface area contributed by atoms with Crippen LogP contribution in [0.4, 0.5) is 5.69 Å². The normalized spacial score (nSPS) is 17.4. The van der Waals surface area contributed by atoms with Crippen molar-refractivity contribution in [2.24, 2.45) is 5.14 Å². The number of carbonyl (C=O) groups is 1. The van der Waals surface area contributed by atoms with Crippen LogP contribution in [0, 0.1) is 0 Å². The maximum atomic E-state index is 13.8. The van der Waals surface area contributed by atoms with E-state index in [1.807, 2.05) is 0 Å². The highest BCUT2D eigenvalue weighted by Gasteiger charge is 2.42. The molecule has 0 bridgehead atoms. The Bertz CT molecular complexity index is 1560. The molecule has 0 saturated carbocycles. The first-order valence-electron chi connectivity index (χ1n) is 11.7. The molecule has 1 aliphatic heterocycles. The van der Waals surface area contributed by atoms with Crippen LogP contribution in [0.2, 0.25) is 5.02 Å². The van der Waals surface area contributed by atoms with E-state index in [9.17, 15) is 30.0 Å². The number of benzene rings is 2. The van der Waals surface area contributed by atoms with Crippen LogP contribution in [0.15, 0.2) is 47.4 Å². The van der Waals surface area contributed by atoms with Gasteiger partial charge in [0.2, 0.25) is 20.0 Å². The molecule has 2 aromatic rings. The quantitative estimate of drug-likeness (QED) is 0.313. The van der Waals surface area contributed by atoms with Crippen LogP contribution < -0.4 is 15.2 Å². The maximum Gasteiger partial charge on any atom is 0.265 e. The monoisotopic (exact) mass is 622 g/mol. The van der Waals surface area contributed by atoms with Crippen LogP contribution in [-0.4, -0.2) is 68.2 Å². The van der Waals surface area contributed by atoms with Gasteiger partial charge in [0.15, 0.2) is 5.60 Å². The Morgan fingerprint density at radius 3 is 2.28 bits per heavy atom. The lowest BCUT2D eigenvalue weighted by Crippen LogP contribution is -2.48. The molecule has 16 heteroatoms. The van der Waals surface area contributed by atoms with Crippen molar-refractivity contribution in [2.75, 3.05) is 36.9 Å². The molecule has 2 aromatic carbocycles. The van der Waals surface area contributed by atoms with Gasteiger partial charge in [0.25, 0.3) is 16.0 Å². The van der Waals surface area contributed by atoms with Gasteiger partial charge < -0.3 is 10.2 Å². The molecule has 1 heterocycles. The lowest BCUT2D eigenvalue weighted by molar-refractivity contribution is -0.137. The molecule has 216 valence electrons. The molecule has 1 saturated heterocycles. The second kappa shape index (κ2) is 11.7. The molecule has 0 spiro atoms. The zero-order valence-electron chi connectivity index (χ0n) is 21.5. The molecular formula is C23H31ClN4O8S3. The average Bonchev–Trinajstić information content (AvgIpc) is 3.29. The van der Waals surface area contributed by atoms with E-state index in [2.05, 4.69) is 14.9 Å². The predicted molar refractivity (Wildman–Crippen MR) is 148 cm³/mol. The number of hydrogen-bond acceptors (Lipinski definition) is 9. The van der Waals surface area contributed by atoms with E-state index in [-0.39, 0.29) is 16.3 Å². The van der Waals surface area contributed by atoms with Crippen molar-refractivity contribution in [3.8, 4) is 0 Å². The first-order valence-corrected chi connectivity index (χ1v) is 17.4. The third-order valence-electron chi connectivity index (χ3n) is 6.08. The Balaban J connectivity index is 2.07. The zero-order valence-corrected chi connectivity index (χ0v) is 24.8. The highest BCUT2D eigenvalue weighted by atomic mass is 35.5. The number of nitrogens with one attached hydrogen (secondary N) is 2. The highest BCUT2D eigenvalue weighted by molar-refractivity contribution is 7.92. The van der Waals surface area contributed by atoms with Crippen molar-refractivity contribution in [1.29, 1.82) is 0 Å². The summed E-state index contributed by atoms with van der Waals surface area (Å²) in [6.45, 7) is 3.08. The number of carbonyl (C=O) groups excluding carboxylic acids is 1. The van der Waals surface area contributed by atoms with Crippen molar-refractivity contribution in [3.63, 3.8) is 0 Å². The van der Waals surface area contributed by atoms with E-state index in [1.54, 1.807) is 24.3 Å². The topological polar surface area (TPSA) is 182 Å². The Morgan fingerprint density at radius 1 is 1.08 bits per heavy atom. The van der Waals surface area contributed by atoms with Crippen molar-refractivity contribution >= 4 is 53.4 Å². The Labute approximate surface area is 234 Å². The molecule has 4 N–H and O–H groups in total. The van der Waals surface area contributed by atoms with Crippen LogP contribution in [0.3, 0.4) is 0 Å². The minimum atomic E-state index is -4.32. The number of sulfonamides is 2. The van der Waals surface area contributed by atoms with Crippen LogP contribution >= 0.6 is 11.6 Å². The fourth-order valence-electron chi connectivity index (χ4n) is 4.32. The number of halogens is 1. The van der Waals surface area contributed by atoms with Gasteiger partial charge in [0.1, 0.15) is 4.90 Å². The van der Waals surface area contributed by atoms with Gasteiger partial charge in [-0.15, -0.1) is 0 Å². The molecule has 1 fully saturated rings. The number of hydrogen-bond donors (Lipinski definition) is 3. The lowest BCUT2D eigenvalue weighted by atomic mass is 9.94. The van der Waals surface area contributed by atoms with Gasteiger partial charge in [0.05, 0.1) is 23.6 Å². The minimum Gasteiger partial charge on any atom is -0.345 e. The second-order valence-corrected chi connectivity index (χ2v) is 14.8. The van der Waals surface area contributed by atoms with Gasteiger partial charge in [-0.05, 0) is 68.2 Å². The highest BCUT2D eigenvalue weighted by Crippen LogP contribution is 2.33. The summed E-state index contributed by atoms with van der Waals surface area (Å²) >= 11 is 5.99. The van der Waals surface area contributed by atoms with Crippen LogP contribution in [0.1, 0.15) is 36.9 Å². The van der Waals surface area contributed by atoms with E-state index in [0.717, 1.165) is 44.5 Å². The molecule has 0 radical (unpaired) electrons. The first kappa shape index (κ1) is 31.3. The Kier molecular flexibility index (Phi) is 9.37. The average molecular weight is 623 g/mol. The molecule has 39 heavy (non-hydrogen) atoms. The standard InChI is InChI=1S/C23H31ClN4O8S3/c1-23(36-38(3,32)33,17-9-10-19(24)21(14-17)39(25,34)35)22(29)26-20(15-28-11-4-5-12-28)16-7-6-8-18(13-16)27-37(2,30)31/h6-10,13-14,20,27H,4-5,11-12,15H2,1-3H3,(H,26,29)(H2,25,34,35). The van der Waals surface area contributed by atoms with E-state index < -0.39 is 52.6 Å². The molecule has 12 nitrogen and oxygen atoms in total. The number of nitrogens with two attached hydrogens (primary N) is 1. The summed E-state index contributed by atoms with van der Waals surface area (Å²) < 4.78 is 79.8. The number of likely N-dealkylation sites (tertiary alicyclic amines) is 1. The summed E-state index contributed by atoms with van der Waals surface area (Å²) in [4.78, 5) is 15.4. The Morgan fingerprint density at radius 2 is 1.72 bits per heavy atom. The van der Waals surface area contributed by atoms with Crippen molar-refractivity contribution in [1.82, 2.24) is 10.2 Å². The van der Waals surface area contributed by atoms with Crippen LogP contribution in [0.5, 0.6) is 0 Å². The predicted octanol–water partition coefficient (Wildman–Crippen LogP) is 1.50. The first-order chi connectivity index (χ1) is 17.9. The third-order valence-corrected chi connectivity index (χ3v) is 8.71. The van der Waals surface area contributed by atoms with Gasteiger partial charge in [-0.3, -0.25) is 9.52 Å². The number of anilines is 1. The number of rotatable bonds is 11.